The second-order valence-electron chi connectivity index (χ2n) is 6.10. The molecule has 1 aliphatic rings. The Morgan fingerprint density at radius 3 is 2.86 bits per heavy atom. The van der Waals surface area contributed by atoms with Gasteiger partial charge in [0.1, 0.15) is 28.8 Å². The van der Waals surface area contributed by atoms with Crippen LogP contribution in [0.2, 0.25) is 0 Å². The fraction of sp³-hybridized carbons (Fsp3) is 0.381. The lowest BCUT2D eigenvalue weighted by Crippen LogP contribution is -2.25. The van der Waals surface area contributed by atoms with Crippen LogP contribution in [0, 0.1) is 0 Å². The van der Waals surface area contributed by atoms with Crippen LogP contribution in [0.25, 0.3) is 0 Å². The molecule has 1 aliphatic heterocycles. The van der Waals surface area contributed by atoms with Gasteiger partial charge < -0.3 is 10.1 Å². The van der Waals surface area contributed by atoms with E-state index in [1.165, 1.54) is 0 Å². The van der Waals surface area contributed by atoms with Gasteiger partial charge >= 0.3 is 0 Å². The van der Waals surface area contributed by atoms with Crippen molar-refractivity contribution in [1.82, 2.24) is 10.3 Å². The van der Waals surface area contributed by atoms with Crippen LogP contribution in [0.1, 0.15) is 32.3 Å². The van der Waals surface area contributed by atoms with Crippen molar-refractivity contribution in [3.63, 3.8) is 0 Å². The Bertz CT molecular complexity index is 757. The molecule has 1 aromatic rings. The van der Waals surface area contributed by atoms with Gasteiger partial charge in [-0.25, -0.2) is 0 Å². The molecule has 0 spiro atoms. The zero-order chi connectivity index (χ0) is 20.2. The summed E-state index contributed by atoms with van der Waals surface area (Å²) in [6, 6.07) is 3.94. The minimum atomic E-state index is -0.183. The summed E-state index contributed by atoms with van der Waals surface area (Å²) in [6.07, 6.45) is 10.7. The highest BCUT2D eigenvalue weighted by molar-refractivity contribution is 14.1. The van der Waals surface area contributed by atoms with Gasteiger partial charge in [-0.2, -0.15) is 0 Å². The van der Waals surface area contributed by atoms with Gasteiger partial charge in [0.25, 0.3) is 0 Å². The molecule has 1 aromatic heterocycles. The molecule has 0 fully saturated rings. The standard InChI is InChI=1S/C21H27IN4O2/c1-4-6-8-18-16(3)21(17-10-13-23-14-11-17)25-15-19(26-18)24-12-7-9-20(28-22)27-5-2/h4,6,8,10-11,13-14,20H,1,5,7,9,12,15H2,2-3H3,(H,24,26)/b8-6-. The van der Waals surface area contributed by atoms with Gasteiger partial charge in [0.2, 0.25) is 0 Å². The maximum absolute atomic E-state index is 5.49. The average molecular weight is 494 g/mol. The van der Waals surface area contributed by atoms with Crippen molar-refractivity contribution >= 4 is 34.6 Å². The van der Waals surface area contributed by atoms with Crippen LogP contribution in [0.15, 0.2) is 70.6 Å². The maximum Gasteiger partial charge on any atom is 0.168 e. The molecular formula is C21H27IN4O2. The largest absolute Gasteiger partial charge is 0.352 e. The number of pyridine rings is 1. The lowest BCUT2D eigenvalue weighted by atomic mass is 10.0. The van der Waals surface area contributed by atoms with E-state index in [0.29, 0.717) is 19.7 Å². The van der Waals surface area contributed by atoms with Crippen molar-refractivity contribution < 1.29 is 7.80 Å². The second-order valence-corrected chi connectivity index (χ2v) is 6.61. The molecular weight excluding hydrogens is 467 g/mol. The smallest absolute Gasteiger partial charge is 0.168 e. The van der Waals surface area contributed by atoms with Crippen molar-refractivity contribution in [2.45, 2.75) is 33.0 Å². The van der Waals surface area contributed by atoms with Gasteiger partial charge in [0.05, 0.1) is 12.3 Å². The molecule has 0 aromatic carbocycles. The monoisotopic (exact) mass is 494 g/mol. The van der Waals surface area contributed by atoms with Gasteiger partial charge in [-0.15, -0.1) is 0 Å². The molecule has 28 heavy (non-hydrogen) atoms. The summed E-state index contributed by atoms with van der Waals surface area (Å²) in [6.45, 7) is 9.60. The Morgan fingerprint density at radius 1 is 1.39 bits per heavy atom. The normalized spacial score (nSPS) is 17.4. The van der Waals surface area contributed by atoms with Gasteiger partial charge in [0, 0.05) is 43.2 Å². The SMILES string of the molecule is C=C/C=C\C1=C(C)C(c2ccncc2)=NCC(=NCCCC(OI)OCC)N1. The summed E-state index contributed by atoms with van der Waals surface area (Å²) in [5.41, 5.74) is 4.01. The van der Waals surface area contributed by atoms with E-state index in [1.54, 1.807) is 18.5 Å². The van der Waals surface area contributed by atoms with E-state index in [0.717, 1.165) is 41.2 Å². The number of hydrogen-bond donors (Lipinski definition) is 1. The van der Waals surface area contributed by atoms with Crippen molar-refractivity contribution in [2.24, 2.45) is 9.98 Å². The first-order chi connectivity index (χ1) is 13.7. The van der Waals surface area contributed by atoms with E-state index < -0.39 is 0 Å². The minimum absolute atomic E-state index is 0.183. The number of halogens is 1. The van der Waals surface area contributed by atoms with E-state index >= 15 is 0 Å². The van der Waals surface area contributed by atoms with Crippen LogP contribution in [0.3, 0.4) is 0 Å². The molecule has 1 N–H and O–H groups in total. The van der Waals surface area contributed by atoms with Crippen LogP contribution in [-0.4, -0.2) is 42.5 Å². The first kappa shape index (κ1) is 22.4. The summed E-state index contributed by atoms with van der Waals surface area (Å²) in [7, 11) is 0. The second kappa shape index (κ2) is 12.6. The molecule has 150 valence electrons. The number of nitrogens with one attached hydrogen (secondary N) is 1. The lowest BCUT2D eigenvalue weighted by Gasteiger charge is -2.13. The molecule has 0 bridgehead atoms. The quantitative estimate of drug-likeness (QED) is 0.227. The van der Waals surface area contributed by atoms with E-state index in [1.807, 2.05) is 54.2 Å². The Balaban J connectivity index is 2.15. The molecule has 0 amide bonds. The molecule has 0 saturated carbocycles. The van der Waals surface area contributed by atoms with Crippen LogP contribution in [0.4, 0.5) is 0 Å². The molecule has 1 atom stereocenters. The van der Waals surface area contributed by atoms with E-state index in [2.05, 4.69) is 23.8 Å². The third-order valence-electron chi connectivity index (χ3n) is 4.13. The Hall–Kier alpha value is -1.84. The molecule has 0 saturated heterocycles. The lowest BCUT2D eigenvalue weighted by molar-refractivity contribution is -0.0550. The van der Waals surface area contributed by atoms with E-state index in [9.17, 15) is 0 Å². The van der Waals surface area contributed by atoms with Crippen molar-refractivity contribution in [3.8, 4) is 0 Å². The average Bonchev–Trinajstić information content (AvgIpc) is 2.88. The number of amidine groups is 1. The minimum Gasteiger partial charge on any atom is -0.352 e. The molecule has 7 heteroatoms. The van der Waals surface area contributed by atoms with E-state index in [-0.39, 0.29) is 6.29 Å². The van der Waals surface area contributed by atoms with Gasteiger partial charge in [-0.05, 0) is 44.1 Å². The maximum atomic E-state index is 5.49. The highest BCUT2D eigenvalue weighted by Crippen LogP contribution is 2.16. The number of ether oxygens (including phenoxy) is 1. The van der Waals surface area contributed by atoms with Gasteiger partial charge in [-0.1, -0.05) is 18.7 Å². The van der Waals surface area contributed by atoms with Crippen LogP contribution in [-0.2, 0) is 7.80 Å². The number of aromatic nitrogens is 1. The molecule has 2 rings (SSSR count). The molecule has 1 unspecified atom stereocenters. The number of aliphatic imine (C=N–C) groups is 2. The Labute approximate surface area is 181 Å². The zero-order valence-corrected chi connectivity index (χ0v) is 18.6. The molecule has 0 radical (unpaired) electrons. The van der Waals surface area contributed by atoms with Crippen molar-refractivity contribution in [1.29, 1.82) is 0 Å². The molecule has 2 heterocycles. The van der Waals surface area contributed by atoms with Gasteiger partial charge in [-0.3, -0.25) is 18.0 Å². The number of nitrogens with zero attached hydrogens (tertiary/aromatic N) is 3. The summed E-state index contributed by atoms with van der Waals surface area (Å²) < 4.78 is 10.8. The van der Waals surface area contributed by atoms with Crippen molar-refractivity contribution in [3.05, 3.63) is 66.2 Å². The van der Waals surface area contributed by atoms with Crippen molar-refractivity contribution in [2.75, 3.05) is 19.7 Å². The fourth-order valence-electron chi connectivity index (χ4n) is 2.74. The Kier molecular flexibility index (Phi) is 10.1. The highest BCUT2D eigenvalue weighted by Gasteiger charge is 2.15. The summed E-state index contributed by atoms with van der Waals surface area (Å²) in [5.74, 6) is 0.843. The first-order valence-corrected chi connectivity index (χ1v) is 10.2. The third-order valence-corrected chi connectivity index (χ3v) is 4.70. The summed E-state index contributed by atoms with van der Waals surface area (Å²) in [5, 5.41) is 3.43. The number of allylic oxidation sites excluding steroid dienone is 4. The highest BCUT2D eigenvalue weighted by atomic mass is 127. The Morgan fingerprint density at radius 2 is 2.18 bits per heavy atom. The van der Waals surface area contributed by atoms with Crippen LogP contribution in [0.5, 0.6) is 0 Å². The molecule has 6 nitrogen and oxygen atoms in total. The predicted octanol–water partition coefficient (Wildman–Crippen LogP) is 4.40. The summed E-state index contributed by atoms with van der Waals surface area (Å²) in [4.78, 5) is 13.6. The van der Waals surface area contributed by atoms with Crippen LogP contribution >= 0.6 is 23.0 Å². The fourth-order valence-corrected chi connectivity index (χ4v) is 3.14. The number of hydrogen-bond acceptors (Lipinski definition) is 5. The molecule has 0 aliphatic carbocycles. The first-order valence-electron chi connectivity index (χ1n) is 9.34. The topological polar surface area (TPSA) is 68.1 Å². The van der Waals surface area contributed by atoms with Gasteiger partial charge in [0.15, 0.2) is 6.29 Å². The zero-order valence-electron chi connectivity index (χ0n) is 16.4. The van der Waals surface area contributed by atoms with Crippen LogP contribution < -0.4 is 5.32 Å². The van der Waals surface area contributed by atoms with E-state index in [4.69, 9.17) is 17.8 Å². The third kappa shape index (κ3) is 6.96. The summed E-state index contributed by atoms with van der Waals surface area (Å²) >= 11 is 1.88. The number of rotatable bonds is 10. The predicted molar refractivity (Wildman–Crippen MR) is 123 cm³/mol.